The molecule has 50 heavy (non-hydrogen) atoms. The molecule has 1 saturated heterocycles. The summed E-state index contributed by atoms with van der Waals surface area (Å²) in [7, 11) is -3.78. The molecule has 14 heteroatoms. The summed E-state index contributed by atoms with van der Waals surface area (Å²) >= 11 is 6.04. The number of ether oxygens (including phenoxy) is 1. The predicted molar refractivity (Wildman–Crippen MR) is 191 cm³/mol. The van der Waals surface area contributed by atoms with Gasteiger partial charge in [-0.25, -0.2) is 18.1 Å². The van der Waals surface area contributed by atoms with Gasteiger partial charge in [0.25, 0.3) is 5.89 Å². The summed E-state index contributed by atoms with van der Waals surface area (Å²) in [4.78, 5) is 47.8. The van der Waals surface area contributed by atoms with Crippen molar-refractivity contribution in [2.45, 2.75) is 95.0 Å². The van der Waals surface area contributed by atoms with E-state index < -0.39 is 51.9 Å². The van der Waals surface area contributed by atoms with Crippen LogP contribution in [0.3, 0.4) is 0 Å². The summed E-state index contributed by atoms with van der Waals surface area (Å²) in [5.41, 5.74) is 8.74. The molecular formula is C36H46ClN5O7S. The Kier molecular flexibility index (Phi) is 13.2. The number of allylic oxidation sites excluding steroid dienone is 1. The Labute approximate surface area is 298 Å². The third-order valence-corrected chi connectivity index (χ3v) is 10.1. The first-order chi connectivity index (χ1) is 24.0. The Morgan fingerprint density at radius 3 is 2.52 bits per heavy atom. The Bertz CT molecular complexity index is 1740. The zero-order valence-corrected chi connectivity index (χ0v) is 29.9. The summed E-state index contributed by atoms with van der Waals surface area (Å²) in [5.74, 6) is -1.71. The molecule has 5 rings (SSSR count). The molecule has 4 N–H and O–H groups in total. The summed E-state index contributed by atoms with van der Waals surface area (Å²) in [6, 6.07) is 11.0. The van der Waals surface area contributed by atoms with Crippen LogP contribution in [-0.4, -0.2) is 79.5 Å². The van der Waals surface area contributed by atoms with Crippen LogP contribution in [0, 0.1) is 0 Å². The lowest BCUT2D eigenvalue weighted by Crippen LogP contribution is -2.55. The van der Waals surface area contributed by atoms with Gasteiger partial charge in [0, 0.05) is 18.0 Å². The van der Waals surface area contributed by atoms with E-state index in [1.165, 1.54) is 10.5 Å². The number of carbonyl (C=O) groups is 3. The molecule has 2 aromatic carbocycles. The number of aromatic nitrogens is 1. The molecule has 1 saturated carbocycles. The van der Waals surface area contributed by atoms with Crippen molar-refractivity contribution in [3.05, 3.63) is 76.7 Å². The van der Waals surface area contributed by atoms with E-state index in [0.717, 1.165) is 43.9 Å². The van der Waals surface area contributed by atoms with Crippen LogP contribution in [0.1, 0.15) is 80.5 Å². The highest BCUT2D eigenvalue weighted by Gasteiger charge is 2.43. The van der Waals surface area contributed by atoms with Gasteiger partial charge in [-0.2, -0.15) is 0 Å². The largest absolute Gasteiger partial charge is 0.434 e. The van der Waals surface area contributed by atoms with Gasteiger partial charge in [-0.3, -0.25) is 14.4 Å². The van der Waals surface area contributed by atoms with Crippen LogP contribution in [0.5, 0.6) is 0 Å². The summed E-state index contributed by atoms with van der Waals surface area (Å²) in [6.07, 6.45) is 9.27. The fourth-order valence-electron chi connectivity index (χ4n) is 6.51. The number of hydrogen-bond acceptors (Lipinski definition) is 9. The number of unbranched alkanes of at least 4 members (excludes halogenated alkanes) is 1. The van der Waals surface area contributed by atoms with Crippen molar-refractivity contribution in [1.29, 1.82) is 0 Å². The Balaban J connectivity index is 1.39. The van der Waals surface area contributed by atoms with Gasteiger partial charge in [0.1, 0.15) is 17.6 Å². The number of fused-ring (bicyclic) bond motifs is 1. The maximum absolute atomic E-state index is 14.2. The third-order valence-electron chi connectivity index (χ3n) is 9.12. The number of likely N-dealkylation sites (tertiary alicyclic amines) is 1. The minimum Gasteiger partial charge on any atom is -0.434 e. The van der Waals surface area contributed by atoms with E-state index in [9.17, 15) is 22.8 Å². The topological polar surface area (TPSA) is 174 Å². The van der Waals surface area contributed by atoms with Crippen LogP contribution in [-0.2, 0) is 31.0 Å². The second-order valence-electron chi connectivity index (χ2n) is 13.1. The second-order valence-corrected chi connectivity index (χ2v) is 15.3. The molecule has 2 fully saturated rings. The number of rotatable bonds is 16. The number of nitrogens with one attached hydrogen (secondary N) is 2. The third kappa shape index (κ3) is 10.5. The average molecular weight is 728 g/mol. The van der Waals surface area contributed by atoms with Crippen LogP contribution in [0.2, 0.25) is 5.02 Å². The minimum atomic E-state index is -3.78. The molecule has 0 bridgehead atoms. The summed E-state index contributed by atoms with van der Waals surface area (Å²) in [6.45, 7) is 0.688. The maximum Gasteiger partial charge on any atom is 0.266 e. The molecular weight excluding hydrogens is 682 g/mol. The molecule has 270 valence electrons. The van der Waals surface area contributed by atoms with Gasteiger partial charge >= 0.3 is 0 Å². The SMILES string of the molecule is CS(=O)(=O)N[C@H](CC=C1CCCCC1)C(=O)N1C[C@H](OCc2ccc(Cl)cc2)C[C@H]1C(=O)N[C@@H](CCCCN)C(=O)c1nc2ccccc2o1. The fourth-order valence-corrected chi connectivity index (χ4v) is 7.35. The molecule has 3 aromatic rings. The fraction of sp³-hybridized carbons (Fsp3) is 0.500. The Morgan fingerprint density at radius 2 is 1.82 bits per heavy atom. The van der Waals surface area contributed by atoms with Crippen molar-refractivity contribution in [2.24, 2.45) is 5.73 Å². The molecule has 1 aromatic heterocycles. The first kappa shape index (κ1) is 37.6. The van der Waals surface area contributed by atoms with E-state index in [1.54, 1.807) is 36.4 Å². The van der Waals surface area contributed by atoms with Crippen molar-refractivity contribution in [3.8, 4) is 0 Å². The molecule has 2 amide bonds. The number of hydrogen-bond donors (Lipinski definition) is 3. The zero-order chi connectivity index (χ0) is 35.7. The molecule has 2 aliphatic rings. The van der Waals surface area contributed by atoms with Crippen molar-refractivity contribution < 1.29 is 32.0 Å². The smallest absolute Gasteiger partial charge is 0.266 e. The van der Waals surface area contributed by atoms with Gasteiger partial charge < -0.3 is 25.1 Å². The van der Waals surface area contributed by atoms with Gasteiger partial charge in [0.2, 0.25) is 27.6 Å². The monoisotopic (exact) mass is 727 g/mol. The number of benzene rings is 2. The number of nitrogens with zero attached hydrogens (tertiary/aromatic N) is 2. The van der Waals surface area contributed by atoms with Crippen molar-refractivity contribution in [2.75, 3.05) is 19.3 Å². The molecule has 12 nitrogen and oxygen atoms in total. The molecule has 0 unspecified atom stereocenters. The average Bonchev–Trinajstić information content (AvgIpc) is 3.74. The standard InChI is InChI=1S/C36H46ClN5O7S/c1-50(46,47)41-30(19-16-24-9-3-2-4-10-24)36(45)42-22-27(48-23-25-14-17-26(37)18-15-25)21-31(42)34(44)39-29(12-7-8-20-38)33(43)35-40-28-11-5-6-13-32(28)49-35/h5-6,11,13-18,27,29-31,41H,2-4,7-10,12,19-23,38H2,1H3,(H,39,44)/t27-,29+,30-,31+/m1/s1. The molecule has 4 atom stereocenters. The van der Waals surface area contributed by atoms with Gasteiger partial charge in [0.05, 0.1) is 25.0 Å². The highest BCUT2D eigenvalue weighted by Crippen LogP contribution is 2.27. The number of nitrogens with two attached hydrogens (primary N) is 1. The number of ketones is 1. The zero-order valence-electron chi connectivity index (χ0n) is 28.3. The number of Topliss-reactive ketones (excluding diaryl/α,β-unsaturated/α-hetero) is 1. The van der Waals surface area contributed by atoms with Crippen LogP contribution >= 0.6 is 11.6 Å². The molecule has 1 aliphatic carbocycles. The lowest BCUT2D eigenvalue weighted by molar-refractivity contribution is -0.140. The van der Waals surface area contributed by atoms with Crippen molar-refractivity contribution in [1.82, 2.24) is 19.9 Å². The van der Waals surface area contributed by atoms with Crippen LogP contribution in [0.4, 0.5) is 0 Å². The van der Waals surface area contributed by atoms with E-state index >= 15 is 0 Å². The van der Waals surface area contributed by atoms with Crippen molar-refractivity contribution >= 4 is 50.3 Å². The molecule has 0 radical (unpaired) electrons. The Hall–Kier alpha value is -3.62. The maximum atomic E-state index is 14.2. The highest BCUT2D eigenvalue weighted by molar-refractivity contribution is 7.88. The van der Waals surface area contributed by atoms with Gasteiger partial charge in [-0.05, 0) is 87.7 Å². The summed E-state index contributed by atoms with van der Waals surface area (Å²) < 4.78 is 39.3. The van der Waals surface area contributed by atoms with Crippen LogP contribution in [0.15, 0.2) is 64.6 Å². The summed E-state index contributed by atoms with van der Waals surface area (Å²) in [5, 5.41) is 3.46. The van der Waals surface area contributed by atoms with E-state index in [2.05, 4.69) is 15.0 Å². The predicted octanol–water partition coefficient (Wildman–Crippen LogP) is 4.66. The number of sulfonamides is 1. The number of oxazole rings is 1. The second kappa shape index (κ2) is 17.5. The van der Waals surface area contributed by atoms with Crippen molar-refractivity contribution in [3.63, 3.8) is 0 Å². The van der Waals surface area contributed by atoms with Crippen LogP contribution < -0.4 is 15.8 Å². The lowest BCUT2D eigenvalue weighted by Gasteiger charge is -2.29. The normalized spacial score (nSPS) is 19.3. The van der Waals surface area contributed by atoms with Gasteiger partial charge in [-0.1, -0.05) is 53.9 Å². The van der Waals surface area contributed by atoms with E-state index in [4.69, 9.17) is 26.5 Å². The minimum absolute atomic E-state index is 0.0555. The number of amides is 2. The highest BCUT2D eigenvalue weighted by atomic mass is 35.5. The first-order valence-electron chi connectivity index (χ1n) is 17.2. The van der Waals surface area contributed by atoms with Gasteiger partial charge in [-0.15, -0.1) is 0 Å². The Morgan fingerprint density at radius 1 is 1.08 bits per heavy atom. The van der Waals surface area contributed by atoms with E-state index in [0.29, 0.717) is 35.5 Å². The molecule has 0 spiro atoms. The molecule has 2 heterocycles. The van der Waals surface area contributed by atoms with Crippen LogP contribution in [0.25, 0.3) is 11.1 Å². The van der Waals surface area contributed by atoms with E-state index in [-0.39, 0.29) is 38.3 Å². The quantitative estimate of drug-likeness (QED) is 0.108. The lowest BCUT2D eigenvalue weighted by atomic mass is 9.93. The van der Waals surface area contributed by atoms with Gasteiger partial charge in [0.15, 0.2) is 5.58 Å². The number of para-hydroxylation sites is 2. The van der Waals surface area contributed by atoms with E-state index in [1.807, 2.05) is 18.2 Å². The number of carbonyl (C=O) groups excluding carboxylic acids is 3. The first-order valence-corrected chi connectivity index (χ1v) is 19.5. The number of halogens is 1. The molecule has 1 aliphatic heterocycles.